The van der Waals surface area contributed by atoms with Crippen LogP contribution in [-0.4, -0.2) is 60.9 Å². The highest BCUT2D eigenvalue weighted by atomic mass is 32.1. The molecule has 1 saturated carbocycles. The van der Waals surface area contributed by atoms with Crippen LogP contribution in [0.5, 0.6) is 0 Å². The van der Waals surface area contributed by atoms with Gasteiger partial charge in [-0.05, 0) is 25.0 Å². The van der Waals surface area contributed by atoms with E-state index in [1.165, 1.54) is 7.11 Å². The lowest BCUT2D eigenvalue weighted by atomic mass is 10.1. The molecule has 2 aliphatic rings. The Morgan fingerprint density at radius 2 is 1.58 bits per heavy atom. The van der Waals surface area contributed by atoms with Crippen LogP contribution in [0, 0.1) is 5.92 Å². The van der Waals surface area contributed by atoms with Gasteiger partial charge in [-0.25, -0.2) is 4.79 Å². The van der Waals surface area contributed by atoms with Gasteiger partial charge in [-0.15, -0.1) is 11.3 Å². The van der Waals surface area contributed by atoms with Gasteiger partial charge in [0.15, 0.2) is 0 Å². The predicted molar refractivity (Wildman–Crippen MR) is 90.1 cm³/mol. The molecule has 0 spiro atoms. The van der Waals surface area contributed by atoms with E-state index in [1.54, 1.807) is 17.0 Å². The molecular formula is C17H22N2O4S. The summed E-state index contributed by atoms with van der Waals surface area (Å²) in [6, 6.07) is 3.28. The van der Waals surface area contributed by atoms with Gasteiger partial charge in [-0.3, -0.25) is 9.59 Å². The molecule has 2 heterocycles. The average molecular weight is 350 g/mol. The first-order chi connectivity index (χ1) is 11.6. The molecule has 0 N–H and O–H groups in total. The van der Waals surface area contributed by atoms with Gasteiger partial charge in [0.2, 0.25) is 5.91 Å². The molecule has 2 amide bonds. The number of hydrogen-bond donors (Lipinski definition) is 0. The number of esters is 1. The molecule has 0 radical (unpaired) electrons. The number of thiophene rings is 1. The predicted octanol–water partition coefficient (Wildman–Crippen LogP) is 2.01. The van der Waals surface area contributed by atoms with Crippen LogP contribution in [0.3, 0.4) is 0 Å². The van der Waals surface area contributed by atoms with E-state index in [2.05, 4.69) is 4.74 Å². The zero-order valence-electron chi connectivity index (χ0n) is 13.8. The van der Waals surface area contributed by atoms with Gasteiger partial charge >= 0.3 is 5.97 Å². The summed E-state index contributed by atoms with van der Waals surface area (Å²) in [6.45, 7) is 2.28. The second-order valence-corrected chi connectivity index (χ2v) is 7.34. The van der Waals surface area contributed by atoms with Crippen LogP contribution in [0.15, 0.2) is 12.1 Å². The van der Waals surface area contributed by atoms with Crippen LogP contribution < -0.4 is 0 Å². The maximum Gasteiger partial charge on any atom is 0.348 e. The van der Waals surface area contributed by atoms with E-state index in [0.717, 1.165) is 37.0 Å². The second-order valence-electron chi connectivity index (χ2n) is 6.25. The van der Waals surface area contributed by atoms with Crippen LogP contribution in [0.2, 0.25) is 0 Å². The highest BCUT2D eigenvalue weighted by Crippen LogP contribution is 2.27. The standard InChI is InChI=1S/C17H22N2O4S/c1-23-17(22)14-7-6-13(24-14)16(21)19-10-8-18(9-11-19)15(20)12-4-2-3-5-12/h6-7,12H,2-5,8-11H2,1H3. The number of piperazine rings is 1. The van der Waals surface area contributed by atoms with Crippen molar-refractivity contribution < 1.29 is 19.1 Å². The van der Waals surface area contributed by atoms with Crippen molar-refractivity contribution in [2.24, 2.45) is 5.92 Å². The van der Waals surface area contributed by atoms with Gasteiger partial charge in [0.05, 0.1) is 12.0 Å². The number of ether oxygens (including phenoxy) is 1. The van der Waals surface area contributed by atoms with Crippen LogP contribution >= 0.6 is 11.3 Å². The van der Waals surface area contributed by atoms with Crippen LogP contribution in [0.1, 0.15) is 45.0 Å². The van der Waals surface area contributed by atoms with E-state index in [0.29, 0.717) is 35.9 Å². The summed E-state index contributed by atoms with van der Waals surface area (Å²) < 4.78 is 4.67. The van der Waals surface area contributed by atoms with Crippen LogP contribution in [0.25, 0.3) is 0 Å². The largest absolute Gasteiger partial charge is 0.465 e. The van der Waals surface area contributed by atoms with E-state index < -0.39 is 5.97 Å². The first kappa shape index (κ1) is 17.0. The molecule has 130 valence electrons. The van der Waals surface area contributed by atoms with E-state index >= 15 is 0 Å². The SMILES string of the molecule is COC(=O)c1ccc(C(=O)N2CCN(C(=O)C3CCCC3)CC2)s1. The molecule has 2 fully saturated rings. The maximum absolute atomic E-state index is 12.5. The molecule has 7 heteroatoms. The Morgan fingerprint density at radius 1 is 1.00 bits per heavy atom. The minimum Gasteiger partial charge on any atom is -0.465 e. The Kier molecular flexibility index (Phi) is 5.18. The van der Waals surface area contributed by atoms with Gasteiger partial charge < -0.3 is 14.5 Å². The quantitative estimate of drug-likeness (QED) is 0.782. The number of carbonyl (C=O) groups is 3. The van der Waals surface area contributed by atoms with Crippen molar-refractivity contribution in [2.75, 3.05) is 33.3 Å². The van der Waals surface area contributed by atoms with E-state index in [9.17, 15) is 14.4 Å². The summed E-state index contributed by atoms with van der Waals surface area (Å²) in [7, 11) is 1.32. The molecular weight excluding hydrogens is 328 g/mol. The number of nitrogens with zero attached hydrogens (tertiary/aromatic N) is 2. The molecule has 1 aliphatic carbocycles. The molecule has 0 bridgehead atoms. The third-order valence-corrected chi connectivity index (χ3v) is 5.84. The fourth-order valence-corrected chi connectivity index (χ4v) is 4.27. The second kappa shape index (κ2) is 7.34. The van der Waals surface area contributed by atoms with Crippen molar-refractivity contribution >= 4 is 29.1 Å². The highest BCUT2D eigenvalue weighted by molar-refractivity contribution is 7.15. The molecule has 1 aliphatic heterocycles. The fraction of sp³-hybridized carbons (Fsp3) is 0.588. The minimum absolute atomic E-state index is 0.0804. The highest BCUT2D eigenvalue weighted by Gasteiger charge is 2.31. The van der Waals surface area contributed by atoms with E-state index in [1.807, 2.05) is 4.90 Å². The summed E-state index contributed by atoms with van der Waals surface area (Å²) in [4.78, 5) is 41.1. The summed E-state index contributed by atoms with van der Waals surface area (Å²) in [5, 5.41) is 0. The molecule has 0 atom stereocenters. The lowest BCUT2D eigenvalue weighted by molar-refractivity contribution is -0.136. The van der Waals surface area contributed by atoms with Gasteiger partial charge in [-0.1, -0.05) is 12.8 Å². The van der Waals surface area contributed by atoms with Crippen molar-refractivity contribution in [3.63, 3.8) is 0 Å². The number of carbonyl (C=O) groups excluding carboxylic acids is 3. The molecule has 0 unspecified atom stereocenters. The van der Waals surface area contributed by atoms with E-state index in [4.69, 9.17) is 0 Å². The molecule has 1 aromatic rings. The Labute approximate surface area is 145 Å². The van der Waals surface area contributed by atoms with Crippen molar-refractivity contribution in [3.8, 4) is 0 Å². The van der Waals surface area contributed by atoms with E-state index in [-0.39, 0.29) is 17.7 Å². The van der Waals surface area contributed by atoms with Gasteiger partial charge in [0, 0.05) is 32.1 Å². The Bertz CT molecular complexity index is 628. The molecule has 24 heavy (non-hydrogen) atoms. The van der Waals surface area contributed by atoms with Crippen molar-refractivity contribution in [1.29, 1.82) is 0 Å². The third kappa shape index (κ3) is 3.45. The summed E-state index contributed by atoms with van der Waals surface area (Å²) in [6.07, 6.45) is 4.30. The normalized spacial score (nSPS) is 18.7. The number of rotatable bonds is 3. The first-order valence-electron chi connectivity index (χ1n) is 8.36. The topological polar surface area (TPSA) is 66.9 Å². The molecule has 1 aromatic heterocycles. The number of methoxy groups -OCH3 is 1. The zero-order valence-corrected chi connectivity index (χ0v) is 14.6. The summed E-state index contributed by atoms with van der Waals surface area (Å²) in [5.41, 5.74) is 0. The maximum atomic E-state index is 12.5. The summed E-state index contributed by atoms with van der Waals surface area (Å²) in [5.74, 6) is -0.0648. The molecule has 3 rings (SSSR count). The number of hydrogen-bond acceptors (Lipinski definition) is 5. The fourth-order valence-electron chi connectivity index (χ4n) is 3.38. The van der Waals surface area contributed by atoms with Gasteiger partial charge in [0.1, 0.15) is 4.88 Å². The first-order valence-corrected chi connectivity index (χ1v) is 9.18. The van der Waals surface area contributed by atoms with Gasteiger partial charge in [-0.2, -0.15) is 0 Å². The molecule has 1 saturated heterocycles. The Morgan fingerprint density at radius 3 is 2.21 bits per heavy atom. The lowest BCUT2D eigenvalue weighted by Gasteiger charge is -2.35. The van der Waals surface area contributed by atoms with Crippen molar-refractivity contribution in [3.05, 3.63) is 21.9 Å². The monoisotopic (exact) mass is 350 g/mol. The number of amides is 2. The summed E-state index contributed by atoms with van der Waals surface area (Å²) >= 11 is 1.15. The smallest absolute Gasteiger partial charge is 0.348 e. The van der Waals surface area contributed by atoms with Crippen LogP contribution in [-0.2, 0) is 9.53 Å². The Balaban J connectivity index is 1.56. The average Bonchev–Trinajstić information content (AvgIpc) is 3.31. The van der Waals surface area contributed by atoms with Gasteiger partial charge in [0.25, 0.3) is 5.91 Å². The van der Waals surface area contributed by atoms with Crippen molar-refractivity contribution in [1.82, 2.24) is 9.80 Å². The molecule has 6 nitrogen and oxygen atoms in total. The molecule has 0 aromatic carbocycles. The Hall–Kier alpha value is -1.89. The van der Waals surface area contributed by atoms with Crippen LogP contribution in [0.4, 0.5) is 0 Å². The minimum atomic E-state index is -0.425. The zero-order chi connectivity index (χ0) is 17.1. The third-order valence-electron chi connectivity index (χ3n) is 4.79. The van der Waals surface area contributed by atoms with Crippen molar-refractivity contribution in [2.45, 2.75) is 25.7 Å². The lowest BCUT2D eigenvalue weighted by Crippen LogP contribution is -2.51.